The zero-order valence-corrected chi connectivity index (χ0v) is 10.6. The van der Waals surface area contributed by atoms with Gasteiger partial charge < -0.3 is 14.9 Å². The number of carbonyl (C=O) groups is 2. The number of para-hydroxylation sites is 1. The van der Waals surface area contributed by atoms with Crippen molar-refractivity contribution in [2.75, 3.05) is 7.11 Å². The monoisotopic (exact) mass is 272 g/mol. The number of aliphatic carboxylic acids is 1. The van der Waals surface area contributed by atoms with E-state index in [9.17, 15) is 14.7 Å². The molecule has 2 atom stereocenters. The number of aliphatic hydroxyl groups is 1. The number of Topliss-reactive ketones (excluding diaryl/α,β-unsaturated/α-hetero) is 1. The van der Waals surface area contributed by atoms with E-state index in [0.717, 1.165) is 0 Å². The third-order valence-corrected chi connectivity index (χ3v) is 2.60. The van der Waals surface area contributed by atoms with Crippen LogP contribution in [-0.4, -0.2) is 34.5 Å². The normalized spacial score (nSPS) is 13.8. The number of halogens is 1. The van der Waals surface area contributed by atoms with Crippen molar-refractivity contribution in [3.05, 3.63) is 29.3 Å². The summed E-state index contributed by atoms with van der Waals surface area (Å²) >= 11 is 5.70. The molecule has 1 aromatic carbocycles. The van der Waals surface area contributed by atoms with Crippen molar-refractivity contribution in [3.63, 3.8) is 0 Å². The van der Waals surface area contributed by atoms with Crippen molar-refractivity contribution in [1.82, 2.24) is 0 Å². The molecular formula is C12H13ClO5. The predicted octanol–water partition coefficient (Wildman–Crippen LogP) is 1.62. The first-order valence-corrected chi connectivity index (χ1v) is 5.59. The second kappa shape index (κ2) is 5.84. The van der Waals surface area contributed by atoms with Crippen LogP contribution in [0.5, 0.6) is 5.75 Å². The molecule has 0 bridgehead atoms. The molecule has 1 rings (SSSR count). The first kappa shape index (κ1) is 14.5. The maximum absolute atomic E-state index is 11.8. The molecule has 2 N–H and O–H groups in total. The number of carboxylic acids is 1. The lowest BCUT2D eigenvalue weighted by atomic mass is 10.00. The van der Waals surface area contributed by atoms with Crippen LogP contribution in [-0.2, 0) is 4.79 Å². The Kier molecular flexibility index (Phi) is 4.69. The Labute approximate surface area is 109 Å². The van der Waals surface area contributed by atoms with Gasteiger partial charge in [-0.05, 0) is 13.0 Å². The molecule has 0 fully saturated rings. The molecule has 0 aliphatic rings. The summed E-state index contributed by atoms with van der Waals surface area (Å²) in [5.74, 6) is -1.78. The SMILES string of the molecule is COc1c(C(=O)C(C)Cl)cccc1C(O)C(=O)O. The van der Waals surface area contributed by atoms with Crippen LogP contribution in [0.1, 0.15) is 28.9 Å². The number of alkyl halides is 1. The minimum atomic E-state index is -1.75. The van der Waals surface area contributed by atoms with Gasteiger partial charge in [-0.25, -0.2) is 4.79 Å². The minimum Gasteiger partial charge on any atom is -0.496 e. The van der Waals surface area contributed by atoms with Crippen molar-refractivity contribution in [2.24, 2.45) is 0 Å². The summed E-state index contributed by atoms with van der Waals surface area (Å²) in [4.78, 5) is 22.6. The second-order valence-corrected chi connectivity index (χ2v) is 4.30. The fraction of sp³-hybridized carbons (Fsp3) is 0.333. The summed E-state index contributed by atoms with van der Waals surface area (Å²) in [6.07, 6.45) is -1.75. The Morgan fingerprint density at radius 3 is 2.44 bits per heavy atom. The quantitative estimate of drug-likeness (QED) is 0.629. The Morgan fingerprint density at radius 2 is 2.00 bits per heavy atom. The van der Waals surface area contributed by atoms with Gasteiger partial charge in [0, 0.05) is 5.56 Å². The van der Waals surface area contributed by atoms with Crippen LogP contribution in [0, 0.1) is 0 Å². The van der Waals surface area contributed by atoms with E-state index >= 15 is 0 Å². The number of benzene rings is 1. The van der Waals surface area contributed by atoms with Gasteiger partial charge in [0.1, 0.15) is 5.75 Å². The molecule has 6 heteroatoms. The Bertz CT molecular complexity index is 470. The molecule has 18 heavy (non-hydrogen) atoms. The molecule has 0 saturated heterocycles. The van der Waals surface area contributed by atoms with Gasteiger partial charge >= 0.3 is 5.97 Å². The van der Waals surface area contributed by atoms with Crippen molar-refractivity contribution in [2.45, 2.75) is 18.4 Å². The number of methoxy groups -OCH3 is 1. The molecule has 0 aliphatic heterocycles. The molecule has 5 nitrogen and oxygen atoms in total. The van der Waals surface area contributed by atoms with Crippen LogP contribution in [0.2, 0.25) is 0 Å². The van der Waals surface area contributed by atoms with Gasteiger partial charge in [0.25, 0.3) is 0 Å². The number of carbonyl (C=O) groups excluding carboxylic acids is 1. The maximum Gasteiger partial charge on any atom is 0.337 e. The van der Waals surface area contributed by atoms with E-state index in [1.54, 1.807) is 0 Å². The molecule has 0 radical (unpaired) electrons. The standard InChI is InChI=1S/C12H13ClO5/c1-6(13)9(14)7-4-3-5-8(11(7)18-2)10(15)12(16)17/h3-6,10,15H,1-2H3,(H,16,17). The summed E-state index contributed by atoms with van der Waals surface area (Å²) in [6, 6.07) is 4.32. The first-order chi connectivity index (χ1) is 8.40. The van der Waals surface area contributed by atoms with Gasteiger partial charge in [0.15, 0.2) is 11.9 Å². The molecule has 0 heterocycles. The van der Waals surface area contributed by atoms with Crippen LogP contribution < -0.4 is 4.74 Å². The highest BCUT2D eigenvalue weighted by Gasteiger charge is 2.25. The molecule has 98 valence electrons. The fourth-order valence-corrected chi connectivity index (χ4v) is 1.66. The van der Waals surface area contributed by atoms with Crippen molar-refractivity contribution >= 4 is 23.4 Å². The van der Waals surface area contributed by atoms with Crippen LogP contribution in [0.3, 0.4) is 0 Å². The molecular weight excluding hydrogens is 260 g/mol. The Balaban J connectivity index is 3.35. The van der Waals surface area contributed by atoms with E-state index in [-0.39, 0.29) is 16.9 Å². The predicted molar refractivity (Wildman–Crippen MR) is 65.2 cm³/mol. The smallest absolute Gasteiger partial charge is 0.337 e. The average Bonchev–Trinajstić information content (AvgIpc) is 2.35. The lowest BCUT2D eigenvalue weighted by molar-refractivity contribution is -0.147. The van der Waals surface area contributed by atoms with E-state index in [0.29, 0.717) is 0 Å². The first-order valence-electron chi connectivity index (χ1n) is 5.16. The van der Waals surface area contributed by atoms with Gasteiger partial charge in [0.05, 0.1) is 18.1 Å². The molecule has 0 saturated carbocycles. The highest BCUT2D eigenvalue weighted by atomic mass is 35.5. The fourth-order valence-electron chi connectivity index (χ4n) is 1.54. The number of hydrogen-bond acceptors (Lipinski definition) is 4. The average molecular weight is 273 g/mol. The summed E-state index contributed by atoms with van der Waals surface area (Å²) < 4.78 is 5.02. The molecule has 2 unspecified atom stereocenters. The number of hydrogen-bond donors (Lipinski definition) is 2. The highest BCUT2D eigenvalue weighted by molar-refractivity contribution is 6.34. The summed E-state index contributed by atoms with van der Waals surface area (Å²) in [6.45, 7) is 1.50. The molecule has 0 aromatic heterocycles. The van der Waals surface area contributed by atoms with E-state index in [1.807, 2.05) is 0 Å². The number of carboxylic acid groups (broad SMARTS) is 1. The number of ketones is 1. The molecule has 1 aromatic rings. The lowest BCUT2D eigenvalue weighted by Crippen LogP contribution is -2.16. The van der Waals surface area contributed by atoms with E-state index in [2.05, 4.69) is 0 Å². The van der Waals surface area contributed by atoms with Crippen LogP contribution in [0.4, 0.5) is 0 Å². The summed E-state index contributed by atoms with van der Waals surface area (Å²) in [7, 11) is 1.29. The van der Waals surface area contributed by atoms with Crippen molar-refractivity contribution in [1.29, 1.82) is 0 Å². The third kappa shape index (κ3) is 2.80. The number of aliphatic hydroxyl groups excluding tert-OH is 1. The maximum atomic E-state index is 11.8. The van der Waals surface area contributed by atoms with Crippen molar-refractivity contribution in [3.8, 4) is 5.75 Å². The highest BCUT2D eigenvalue weighted by Crippen LogP contribution is 2.30. The molecule has 0 aliphatic carbocycles. The summed E-state index contributed by atoms with van der Waals surface area (Å²) in [5, 5.41) is 17.5. The van der Waals surface area contributed by atoms with Gasteiger partial charge in [-0.2, -0.15) is 0 Å². The third-order valence-electron chi connectivity index (χ3n) is 2.40. The Morgan fingerprint density at radius 1 is 1.39 bits per heavy atom. The number of ether oxygens (including phenoxy) is 1. The summed E-state index contributed by atoms with van der Waals surface area (Å²) in [5.41, 5.74) is 0.172. The Hall–Kier alpha value is -1.59. The van der Waals surface area contributed by atoms with E-state index < -0.39 is 23.2 Å². The zero-order chi connectivity index (χ0) is 13.9. The van der Waals surface area contributed by atoms with Gasteiger partial charge in [0.2, 0.25) is 0 Å². The topological polar surface area (TPSA) is 83.8 Å². The van der Waals surface area contributed by atoms with Crippen LogP contribution in [0.15, 0.2) is 18.2 Å². The molecule has 0 spiro atoms. The minimum absolute atomic E-state index is 0.0215. The van der Waals surface area contributed by atoms with Gasteiger partial charge in [-0.3, -0.25) is 4.79 Å². The van der Waals surface area contributed by atoms with Crippen LogP contribution in [0.25, 0.3) is 0 Å². The zero-order valence-electron chi connectivity index (χ0n) is 9.88. The largest absolute Gasteiger partial charge is 0.496 e. The number of rotatable bonds is 5. The van der Waals surface area contributed by atoms with Crippen molar-refractivity contribution < 1.29 is 24.5 Å². The lowest BCUT2D eigenvalue weighted by Gasteiger charge is -2.15. The van der Waals surface area contributed by atoms with Crippen LogP contribution >= 0.6 is 11.6 Å². The second-order valence-electron chi connectivity index (χ2n) is 3.65. The molecule has 0 amide bonds. The van der Waals surface area contributed by atoms with E-state index in [1.165, 1.54) is 32.2 Å². The van der Waals surface area contributed by atoms with Gasteiger partial charge in [-0.1, -0.05) is 12.1 Å². The van der Waals surface area contributed by atoms with E-state index in [4.69, 9.17) is 21.4 Å². The van der Waals surface area contributed by atoms with Gasteiger partial charge in [-0.15, -0.1) is 11.6 Å².